The SMILES string of the molecule is C[C@@H]1c2ccccc2CCN1C(=O)c1cc2cc(-c3ccc(Br)cc3F)nn2c(C2CC2)n1. The number of benzene rings is 2. The Morgan fingerprint density at radius 3 is 2.73 bits per heavy atom. The number of carbonyl (C=O) groups is 1. The number of halogens is 2. The number of fused-ring (bicyclic) bond motifs is 2. The second kappa shape index (κ2) is 7.76. The van der Waals surface area contributed by atoms with Crippen LogP contribution in [0.1, 0.15) is 59.2 Å². The lowest BCUT2D eigenvalue weighted by atomic mass is 9.93. The number of rotatable bonds is 3. The average molecular weight is 505 g/mol. The molecule has 0 bridgehead atoms. The molecule has 2 aromatic heterocycles. The first-order chi connectivity index (χ1) is 16.0. The summed E-state index contributed by atoms with van der Waals surface area (Å²) >= 11 is 3.30. The van der Waals surface area contributed by atoms with Gasteiger partial charge in [0.05, 0.1) is 17.3 Å². The minimum absolute atomic E-state index is 0.0119. The lowest BCUT2D eigenvalue weighted by molar-refractivity contribution is 0.0671. The molecule has 0 N–H and O–H groups in total. The van der Waals surface area contributed by atoms with Crippen LogP contribution in [-0.2, 0) is 6.42 Å². The summed E-state index contributed by atoms with van der Waals surface area (Å²) in [6.07, 6.45) is 2.88. The molecule has 6 rings (SSSR count). The van der Waals surface area contributed by atoms with E-state index in [1.807, 2.05) is 23.1 Å². The summed E-state index contributed by atoms with van der Waals surface area (Å²) in [6.45, 7) is 2.74. The normalized spacial score (nSPS) is 17.9. The summed E-state index contributed by atoms with van der Waals surface area (Å²) in [7, 11) is 0. The summed E-state index contributed by atoms with van der Waals surface area (Å²) in [5, 5.41) is 4.67. The molecule has 1 saturated carbocycles. The van der Waals surface area contributed by atoms with Crippen LogP contribution in [-0.4, -0.2) is 31.9 Å². The molecule has 1 aliphatic heterocycles. The van der Waals surface area contributed by atoms with Crippen molar-refractivity contribution in [3.63, 3.8) is 0 Å². The molecule has 2 aromatic carbocycles. The Balaban J connectivity index is 1.41. The maximum absolute atomic E-state index is 14.6. The van der Waals surface area contributed by atoms with E-state index in [1.165, 1.54) is 17.2 Å². The quantitative estimate of drug-likeness (QED) is 0.347. The van der Waals surface area contributed by atoms with Crippen LogP contribution < -0.4 is 0 Å². The van der Waals surface area contributed by atoms with Crippen LogP contribution in [0.4, 0.5) is 4.39 Å². The second-order valence-corrected chi connectivity index (χ2v) is 9.80. The van der Waals surface area contributed by atoms with Gasteiger partial charge in [0.1, 0.15) is 17.3 Å². The predicted molar refractivity (Wildman–Crippen MR) is 128 cm³/mol. The first-order valence-electron chi connectivity index (χ1n) is 11.2. The molecule has 7 heteroatoms. The standard InChI is InChI=1S/C26H22BrFN4O/c1-15-20-5-3-2-4-16(20)10-11-31(15)26(33)24-14-19-13-23(21-9-8-18(27)12-22(21)28)30-32(19)25(29-24)17-6-7-17/h2-5,8-9,12-15,17H,6-7,10-11H2,1H3/t15-/m1/s1. The van der Waals surface area contributed by atoms with Gasteiger partial charge >= 0.3 is 0 Å². The van der Waals surface area contributed by atoms with E-state index in [1.54, 1.807) is 22.7 Å². The zero-order chi connectivity index (χ0) is 22.7. The van der Waals surface area contributed by atoms with Gasteiger partial charge in [-0.1, -0.05) is 40.2 Å². The fourth-order valence-electron chi connectivity index (χ4n) is 4.77. The average Bonchev–Trinajstić information content (AvgIpc) is 3.57. The van der Waals surface area contributed by atoms with Crippen molar-refractivity contribution in [1.82, 2.24) is 19.5 Å². The minimum atomic E-state index is -0.342. The molecule has 0 spiro atoms. The Bertz CT molecular complexity index is 1410. The minimum Gasteiger partial charge on any atom is -0.330 e. The highest BCUT2D eigenvalue weighted by Gasteiger charge is 2.33. The molecule has 0 unspecified atom stereocenters. The molecule has 5 nitrogen and oxygen atoms in total. The van der Waals surface area contributed by atoms with Crippen molar-refractivity contribution in [2.45, 2.75) is 38.1 Å². The highest BCUT2D eigenvalue weighted by Crippen LogP contribution is 2.40. The van der Waals surface area contributed by atoms with E-state index in [0.717, 1.165) is 30.6 Å². The Morgan fingerprint density at radius 1 is 1.12 bits per heavy atom. The van der Waals surface area contributed by atoms with Crippen molar-refractivity contribution >= 4 is 27.4 Å². The molecule has 4 aromatic rings. The lowest BCUT2D eigenvalue weighted by Gasteiger charge is -2.35. The number of carbonyl (C=O) groups excluding carboxylic acids is 1. The molecule has 1 amide bonds. The number of hydrogen-bond donors (Lipinski definition) is 0. The molecule has 33 heavy (non-hydrogen) atoms. The topological polar surface area (TPSA) is 50.5 Å². The Morgan fingerprint density at radius 2 is 1.94 bits per heavy atom. The van der Waals surface area contributed by atoms with E-state index in [0.29, 0.717) is 28.0 Å². The van der Waals surface area contributed by atoms with E-state index in [-0.39, 0.29) is 23.7 Å². The maximum atomic E-state index is 14.6. The lowest BCUT2D eigenvalue weighted by Crippen LogP contribution is -2.39. The molecule has 166 valence electrons. The van der Waals surface area contributed by atoms with Gasteiger partial charge in [-0.05, 0) is 67.6 Å². The van der Waals surface area contributed by atoms with Crippen LogP contribution in [0.5, 0.6) is 0 Å². The number of amides is 1. The van der Waals surface area contributed by atoms with E-state index >= 15 is 0 Å². The maximum Gasteiger partial charge on any atom is 0.273 e. The zero-order valence-corrected chi connectivity index (χ0v) is 19.7. The third-order valence-electron chi connectivity index (χ3n) is 6.70. The van der Waals surface area contributed by atoms with Gasteiger partial charge in [-0.2, -0.15) is 5.10 Å². The molecule has 1 aliphatic carbocycles. The number of nitrogens with zero attached hydrogens (tertiary/aromatic N) is 4. The van der Waals surface area contributed by atoms with Crippen molar-refractivity contribution in [3.8, 4) is 11.3 Å². The third-order valence-corrected chi connectivity index (χ3v) is 7.19. The Kier molecular flexibility index (Phi) is 4.83. The van der Waals surface area contributed by atoms with Gasteiger partial charge < -0.3 is 4.90 Å². The fraction of sp³-hybridized carbons (Fsp3) is 0.269. The molecule has 1 fully saturated rings. The van der Waals surface area contributed by atoms with Gasteiger partial charge in [-0.15, -0.1) is 0 Å². The summed E-state index contributed by atoms with van der Waals surface area (Å²) in [5.74, 6) is 0.650. The molecule has 0 radical (unpaired) electrons. The van der Waals surface area contributed by atoms with Crippen LogP contribution in [0.15, 0.2) is 59.1 Å². The van der Waals surface area contributed by atoms with Gasteiger partial charge in [-0.3, -0.25) is 4.79 Å². The molecule has 2 aliphatic rings. The summed E-state index contributed by atoms with van der Waals surface area (Å²) in [5.41, 5.74) is 4.65. The van der Waals surface area contributed by atoms with Gasteiger partial charge in [-0.25, -0.2) is 13.9 Å². The van der Waals surface area contributed by atoms with Gasteiger partial charge in [0.25, 0.3) is 5.91 Å². The van der Waals surface area contributed by atoms with Crippen LogP contribution in [0.2, 0.25) is 0 Å². The van der Waals surface area contributed by atoms with Crippen LogP contribution in [0, 0.1) is 5.82 Å². The third kappa shape index (κ3) is 3.55. The monoisotopic (exact) mass is 504 g/mol. The van der Waals surface area contributed by atoms with Crippen LogP contribution in [0.25, 0.3) is 16.8 Å². The molecule has 1 atom stereocenters. The van der Waals surface area contributed by atoms with Gasteiger partial charge in [0, 0.05) is 22.5 Å². The molecular weight excluding hydrogens is 483 g/mol. The first kappa shape index (κ1) is 20.5. The Hall–Kier alpha value is -3.06. The molecular formula is C26H22BrFN4O. The van der Waals surface area contributed by atoms with Crippen molar-refractivity contribution in [2.24, 2.45) is 0 Å². The molecule has 3 heterocycles. The zero-order valence-electron chi connectivity index (χ0n) is 18.1. The number of aromatic nitrogens is 3. The fourth-order valence-corrected chi connectivity index (χ4v) is 5.10. The van der Waals surface area contributed by atoms with Crippen molar-refractivity contribution < 1.29 is 9.18 Å². The van der Waals surface area contributed by atoms with Gasteiger partial charge in [0.15, 0.2) is 0 Å². The highest BCUT2D eigenvalue weighted by atomic mass is 79.9. The Labute approximate surface area is 199 Å². The van der Waals surface area contributed by atoms with Crippen molar-refractivity contribution in [1.29, 1.82) is 0 Å². The number of hydrogen-bond acceptors (Lipinski definition) is 3. The highest BCUT2D eigenvalue weighted by molar-refractivity contribution is 9.10. The second-order valence-electron chi connectivity index (χ2n) is 8.89. The van der Waals surface area contributed by atoms with E-state index in [4.69, 9.17) is 4.98 Å². The summed E-state index contributed by atoms with van der Waals surface area (Å²) in [4.78, 5) is 20.3. The van der Waals surface area contributed by atoms with Crippen molar-refractivity contribution in [3.05, 3.63) is 87.5 Å². The van der Waals surface area contributed by atoms with E-state index in [9.17, 15) is 9.18 Å². The van der Waals surface area contributed by atoms with Crippen LogP contribution >= 0.6 is 15.9 Å². The summed E-state index contributed by atoms with van der Waals surface area (Å²) in [6, 6.07) is 16.9. The largest absolute Gasteiger partial charge is 0.330 e. The van der Waals surface area contributed by atoms with Crippen molar-refractivity contribution in [2.75, 3.05) is 6.54 Å². The smallest absolute Gasteiger partial charge is 0.273 e. The first-order valence-corrected chi connectivity index (χ1v) is 12.0. The van der Waals surface area contributed by atoms with E-state index in [2.05, 4.69) is 40.1 Å². The van der Waals surface area contributed by atoms with E-state index < -0.39 is 0 Å². The summed E-state index contributed by atoms with van der Waals surface area (Å²) < 4.78 is 17.1. The molecule has 0 saturated heterocycles. The van der Waals surface area contributed by atoms with Crippen LogP contribution in [0.3, 0.4) is 0 Å². The predicted octanol–water partition coefficient (Wildman–Crippen LogP) is 5.93. The van der Waals surface area contributed by atoms with Gasteiger partial charge in [0.2, 0.25) is 0 Å².